The zero-order chi connectivity index (χ0) is 10.6. The molecule has 0 fully saturated rings. The van der Waals surface area contributed by atoms with E-state index in [-0.39, 0.29) is 5.41 Å². The molecule has 0 aromatic heterocycles. The van der Waals surface area contributed by atoms with Gasteiger partial charge in [-0.15, -0.1) is 23.2 Å². The molecular formula is C12H16Cl2. The molecule has 0 radical (unpaired) electrons. The normalized spacial score (nSPS) is 11.7. The van der Waals surface area contributed by atoms with Gasteiger partial charge in [-0.2, -0.15) is 0 Å². The number of hydrogen-bond donors (Lipinski definition) is 0. The van der Waals surface area contributed by atoms with Crippen molar-refractivity contribution in [2.45, 2.75) is 20.3 Å². The minimum Gasteiger partial charge on any atom is -0.126 e. The molecule has 0 saturated heterocycles. The first-order chi connectivity index (χ1) is 6.59. The first kappa shape index (κ1) is 11.9. The van der Waals surface area contributed by atoms with Crippen molar-refractivity contribution in [3.05, 3.63) is 35.4 Å². The molecule has 14 heavy (non-hydrogen) atoms. The SMILES string of the molecule is Cc1ccc(CC(C)(CCl)CCl)cc1. The standard InChI is InChI=1S/C12H16Cl2/c1-10-3-5-11(6-4-10)7-12(2,8-13)9-14/h3-6H,7-9H2,1-2H3. The first-order valence-electron chi connectivity index (χ1n) is 4.77. The van der Waals surface area contributed by atoms with Gasteiger partial charge in [-0.1, -0.05) is 36.8 Å². The Morgan fingerprint density at radius 2 is 1.57 bits per heavy atom. The molecule has 1 aromatic carbocycles. The second kappa shape index (κ2) is 5.04. The first-order valence-corrected chi connectivity index (χ1v) is 5.84. The summed E-state index contributed by atoms with van der Waals surface area (Å²) in [7, 11) is 0. The zero-order valence-corrected chi connectivity index (χ0v) is 10.2. The van der Waals surface area contributed by atoms with Crippen molar-refractivity contribution in [1.29, 1.82) is 0 Å². The molecule has 0 aliphatic carbocycles. The summed E-state index contributed by atoms with van der Waals surface area (Å²) in [6.07, 6.45) is 0.945. The van der Waals surface area contributed by atoms with Crippen molar-refractivity contribution in [2.75, 3.05) is 11.8 Å². The van der Waals surface area contributed by atoms with Crippen LogP contribution in [0.1, 0.15) is 18.1 Å². The highest BCUT2D eigenvalue weighted by Crippen LogP contribution is 2.25. The van der Waals surface area contributed by atoms with Crippen molar-refractivity contribution in [1.82, 2.24) is 0 Å². The average Bonchev–Trinajstić information content (AvgIpc) is 2.21. The van der Waals surface area contributed by atoms with E-state index in [9.17, 15) is 0 Å². The Morgan fingerprint density at radius 3 is 2.00 bits per heavy atom. The third-order valence-electron chi connectivity index (χ3n) is 2.40. The van der Waals surface area contributed by atoms with Gasteiger partial charge in [-0.25, -0.2) is 0 Å². The maximum absolute atomic E-state index is 5.91. The fourth-order valence-electron chi connectivity index (χ4n) is 1.33. The molecule has 0 spiro atoms. The van der Waals surface area contributed by atoms with Crippen LogP contribution in [0.25, 0.3) is 0 Å². The van der Waals surface area contributed by atoms with Crippen LogP contribution >= 0.6 is 23.2 Å². The number of hydrogen-bond acceptors (Lipinski definition) is 0. The molecule has 78 valence electrons. The van der Waals surface area contributed by atoms with Crippen molar-refractivity contribution in [3.63, 3.8) is 0 Å². The molecule has 0 aliphatic heterocycles. The summed E-state index contributed by atoms with van der Waals surface area (Å²) in [5.41, 5.74) is 2.60. The molecule has 0 amide bonds. The second-order valence-electron chi connectivity index (χ2n) is 4.24. The van der Waals surface area contributed by atoms with E-state index in [1.54, 1.807) is 0 Å². The molecular weight excluding hydrogens is 215 g/mol. The molecule has 0 unspecified atom stereocenters. The summed E-state index contributed by atoms with van der Waals surface area (Å²) in [4.78, 5) is 0. The maximum Gasteiger partial charge on any atom is 0.0291 e. The fraction of sp³-hybridized carbons (Fsp3) is 0.500. The van der Waals surface area contributed by atoms with E-state index in [0.717, 1.165) is 6.42 Å². The largest absolute Gasteiger partial charge is 0.126 e. The zero-order valence-electron chi connectivity index (χ0n) is 8.69. The second-order valence-corrected chi connectivity index (χ2v) is 4.77. The van der Waals surface area contributed by atoms with Gasteiger partial charge < -0.3 is 0 Å². The lowest BCUT2D eigenvalue weighted by Crippen LogP contribution is -2.23. The van der Waals surface area contributed by atoms with Crippen LogP contribution in [0.3, 0.4) is 0 Å². The van der Waals surface area contributed by atoms with Crippen molar-refractivity contribution >= 4 is 23.2 Å². The van der Waals surface area contributed by atoms with Crippen molar-refractivity contribution in [3.8, 4) is 0 Å². The Labute approximate surface area is 96.2 Å². The fourth-order valence-corrected chi connectivity index (χ4v) is 1.80. The third kappa shape index (κ3) is 3.18. The molecule has 0 heterocycles. The van der Waals surface area contributed by atoms with E-state index in [0.29, 0.717) is 11.8 Å². The van der Waals surface area contributed by atoms with Gasteiger partial charge in [0, 0.05) is 11.8 Å². The van der Waals surface area contributed by atoms with Gasteiger partial charge in [-0.05, 0) is 24.3 Å². The van der Waals surface area contributed by atoms with Crippen LogP contribution < -0.4 is 0 Å². The number of benzene rings is 1. The highest BCUT2D eigenvalue weighted by atomic mass is 35.5. The number of alkyl halides is 2. The molecule has 2 heteroatoms. The molecule has 0 nitrogen and oxygen atoms in total. The van der Waals surface area contributed by atoms with Crippen LogP contribution in [0.2, 0.25) is 0 Å². The van der Waals surface area contributed by atoms with Crippen LogP contribution in [0.15, 0.2) is 24.3 Å². The highest BCUT2D eigenvalue weighted by Gasteiger charge is 2.22. The molecule has 0 N–H and O–H groups in total. The predicted molar refractivity (Wildman–Crippen MR) is 64.4 cm³/mol. The molecule has 0 atom stereocenters. The lowest BCUT2D eigenvalue weighted by Gasteiger charge is -2.24. The van der Waals surface area contributed by atoms with E-state index in [1.807, 2.05) is 0 Å². The Kier molecular flexibility index (Phi) is 4.28. The number of rotatable bonds is 4. The molecule has 1 aromatic rings. The Morgan fingerprint density at radius 1 is 1.07 bits per heavy atom. The van der Waals surface area contributed by atoms with E-state index in [4.69, 9.17) is 23.2 Å². The summed E-state index contributed by atoms with van der Waals surface area (Å²) in [6.45, 7) is 4.21. The van der Waals surface area contributed by atoms with Gasteiger partial charge in [0.1, 0.15) is 0 Å². The summed E-state index contributed by atoms with van der Waals surface area (Å²) >= 11 is 11.8. The minimum atomic E-state index is 0.0123. The predicted octanol–water partition coefficient (Wildman–Crippen LogP) is 4.02. The number of halogens is 2. The van der Waals surface area contributed by atoms with Gasteiger partial charge in [0.25, 0.3) is 0 Å². The van der Waals surface area contributed by atoms with Crippen LogP contribution in [0.4, 0.5) is 0 Å². The lowest BCUT2D eigenvalue weighted by molar-refractivity contribution is 0.425. The van der Waals surface area contributed by atoms with Crippen LogP contribution in [-0.2, 0) is 6.42 Å². The van der Waals surface area contributed by atoms with Gasteiger partial charge in [0.15, 0.2) is 0 Å². The Hall–Kier alpha value is -0.200. The van der Waals surface area contributed by atoms with Gasteiger partial charge in [0.05, 0.1) is 0 Å². The third-order valence-corrected chi connectivity index (χ3v) is 3.69. The topological polar surface area (TPSA) is 0 Å². The monoisotopic (exact) mass is 230 g/mol. The molecule has 1 rings (SSSR count). The molecule has 0 aliphatic rings. The van der Waals surface area contributed by atoms with E-state index in [1.165, 1.54) is 11.1 Å². The minimum absolute atomic E-state index is 0.0123. The summed E-state index contributed by atoms with van der Waals surface area (Å²) in [5.74, 6) is 1.20. The van der Waals surface area contributed by atoms with Crippen molar-refractivity contribution < 1.29 is 0 Å². The summed E-state index contributed by atoms with van der Waals surface area (Å²) in [6, 6.07) is 8.54. The quantitative estimate of drug-likeness (QED) is 0.686. The molecule has 0 bridgehead atoms. The Bertz CT molecular complexity index is 273. The van der Waals surface area contributed by atoms with Crippen LogP contribution in [-0.4, -0.2) is 11.8 Å². The van der Waals surface area contributed by atoms with E-state index < -0.39 is 0 Å². The summed E-state index contributed by atoms with van der Waals surface area (Å²) < 4.78 is 0. The Balaban J connectivity index is 2.72. The van der Waals surface area contributed by atoms with E-state index in [2.05, 4.69) is 38.1 Å². The van der Waals surface area contributed by atoms with Gasteiger partial charge in [-0.3, -0.25) is 0 Å². The van der Waals surface area contributed by atoms with Crippen molar-refractivity contribution in [2.24, 2.45) is 5.41 Å². The number of aryl methyl sites for hydroxylation is 1. The lowest BCUT2D eigenvalue weighted by atomic mass is 9.87. The van der Waals surface area contributed by atoms with Crippen LogP contribution in [0, 0.1) is 12.3 Å². The summed E-state index contributed by atoms with van der Waals surface area (Å²) in [5, 5.41) is 0. The van der Waals surface area contributed by atoms with Gasteiger partial charge in [0.2, 0.25) is 0 Å². The maximum atomic E-state index is 5.91. The smallest absolute Gasteiger partial charge is 0.0291 e. The average molecular weight is 231 g/mol. The highest BCUT2D eigenvalue weighted by molar-refractivity contribution is 6.21. The molecule has 0 saturated carbocycles. The van der Waals surface area contributed by atoms with Gasteiger partial charge >= 0.3 is 0 Å². The van der Waals surface area contributed by atoms with Crippen LogP contribution in [0.5, 0.6) is 0 Å². The van der Waals surface area contributed by atoms with E-state index >= 15 is 0 Å².